The van der Waals surface area contributed by atoms with Crippen LogP contribution in [0.4, 0.5) is 0 Å². The van der Waals surface area contributed by atoms with Crippen molar-refractivity contribution in [3.05, 3.63) is 30.3 Å². The van der Waals surface area contributed by atoms with Gasteiger partial charge in [0.1, 0.15) is 7.14 Å². The maximum absolute atomic E-state index is 12.7. The van der Waals surface area contributed by atoms with Gasteiger partial charge < -0.3 is 14.8 Å². The third-order valence-corrected chi connectivity index (χ3v) is 5.82. The third-order valence-electron chi connectivity index (χ3n) is 2.35. The van der Waals surface area contributed by atoms with Gasteiger partial charge >= 0.3 is 0 Å². The summed E-state index contributed by atoms with van der Waals surface area (Å²) < 4.78 is 12.7. The van der Waals surface area contributed by atoms with E-state index in [4.69, 9.17) is 0 Å². The van der Waals surface area contributed by atoms with Crippen LogP contribution < -0.4 is 5.30 Å². The number of aliphatic hydroxyl groups is 2. The molecule has 2 atom stereocenters. The van der Waals surface area contributed by atoms with Crippen molar-refractivity contribution in [1.29, 1.82) is 0 Å². The topological polar surface area (TPSA) is 57.5 Å². The van der Waals surface area contributed by atoms with E-state index in [1.54, 1.807) is 26.0 Å². The summed E-state index contributed by atoms with van der Waals surface area (Å²) in [6.45, 7) is 3.25. The Morgan fingerprint density at radius 3 is 1.88 bits per heavy atom. The van der Waals surface area contributed by atoms with Crippen LogP contribution in [-0.2, 0) is 4.57 Å². The molecule has 0 fully saturated rings. The Labute approximate surface area is 96.5 Å². The zero-order valence-corrected chi connectivity index (χ0v) is 10.6. The van der Waals surface area contributed by atoms with Gasteiger partial charge in [-0.05, 0) is 13.8 Å². The molecule has 0 aromatic heterocycles. The first-order valence-electron chi connectivity index (χ1n) is 5.44. The van der Waals surface area contributed by atoms with Crippen molar-refractivity contribution in [2.24, 2.45) is 0 Å². The van der Waals surface area contributed by atoms with Crippen LogP contribution in [0.5, 0.6) is 0 Å². The van der Waals surface area contributed by atoms with E-state index in [1.807, 2.05) is 18.2 Å². The van der Waals surface area contributed by atoms with Crippen LogP contribution in [-0.4, -0.2) is 34.7 Å². The predicted molar refractivity (Wildman–Crippen MR) is 66.8 cm³/mol. The largest absolute Gasteiger partial charge is 0.393 e. The highest BCUT2D eigenvalue weighted by Gasteiger charge is 2.27. The van der Waals surface area contributed by atoms with E-state index in [-0.39, 0.29) is 12.3 Å². The van der Waals surface area contributed by atoms with Gasteiger partial charge in [0.2, 0.25) is 0 Å². The molecule has 0 bridgehead atoms. The number of hydrogen-bond donors (Lipinski definition) is 2. The first kappa shape index (κ1) is 13.4. The van der Waals surface area contributed by atoms with Crippen molar-refractivity contribution in [1.82, 2.24) is 0 Å². The maximum atomic E-state index is 12.7. The van der Waals surface area contributed by atoms with E-state index in [2.05, 4.69) is 0 Å². The molecule has 0 aliphatic heterocycles. The van der Waals surface area contributed by atoms with Gasteiger partial charge in [-0.2, -0.15) is 0 Å². The summed E-state index contributed by atoms with van der Waals surface area (Å²) in [4.78, 5) is 0. The van der Waals surface area contributed by atoms with Crippen molar-refractivity contribution >= 4 is 12.4 Å². The first-order chi connectivity index (χ1) is 7.44. The Morgan fingerprint density at radius 1 is 1.06 bits per heavy atom. The summed E-state index contributed by atoms with van der Waals surface area (Å²) in [5.41, 5.74) is 0. The molecule has 0 amide bonds. The number of aliphatic hydroxyl groups excluding tert-OH is 2. The highest BCUT2D eigenvalue weighted by Crippen LogP contribution is 2.45. The molecule has 90 valence electrons. The molecule has 0 aliphatic rings. The molecule has 0 aliphatic carbocycles. The van der Waals surface area contributed by atoms with Gasteiger partial charge in [0, 0.05) is 17.6 Å². The van der Waals surface area contributed by atoms with E-state index in [9.17, 15) is 14.8 Å². The van der Waals surface area contributed by atoms with Crippen molar-refractivity contribution in [2.75, 3.05) is 12.3 Å². The number of rotatable bonds is 5. The molecule has 4 heteroatoms. The molecule has 0 radical (unpaired) electrons. The van der Waals surface area contributed by atoms with Gasteiger partial charge in [-0.15, -0.1) is 0 Å². The van der Waals surface area contributed by atoms with E-state index in [1.165, 1.54) is 0 Å². The van der Waals surface area contributed by atoms with Crippen molar-refractivity contribution in [3.8, 4) is 0 Å². The van der Waals surface area contributed by atoms with Gasteiger partial charge in [-0.1, -0.05) is 30.3 Å². The zero-order valence-electron chi connectivity index (χ0n) is 9.71. The van der Waals surface area contributed by atoms with Crippen LogP contribution >= 0.6 is 7.14 Å². The molecule has 2 N–H and O–H groups in total. The summed E-state index contributed by atoms with van der Waals surface area (Å²) >= 11 is 0. The molecule has 0 unspecified atom stereocenters. The fourth-order valence-corrected chi connectivity index (χ4v) is 4.83. The fourth-order valence-electron chi connectivity index (χ4n) is 1.84. The van der Waals surface area contributed by atoms with Gasteiger partial charge in [-0.25, -0.2) is 0 Å². The molecular formula is C12H19O3P. The molecule has 0 saturated heterocycles. The summed E-state index contributed by atoms with van der Waals surface area (Å²) in [5, 5.41) is 19.5. The van der Waals surface area contributed by atoms with Crippen molar-refractivity contribution < 1.29 is 14.8 Å². The van der Waals surface area contributed by atoms with Gasteiger partial charge in [0.15, 0.2) is 0 Å². The number of hydrogen-bond acceptors (Lipinski definition) is 3. The lowest BCUT2D eigenvalue weighted by Gasteiger charge is -2.21. The molecular weight excluding hydrogens is 223 g/mol. The molecule has 1 aromatic carbocycles. The third kappa shape index (κ3) is 3.75. The smallest absolute Gasteiger partial charge is 0.120 e. The number of benzene rings is 1. The molecule has 1 aromatic rings. The Balaban J connectivity index is 3.00. The molecule has 16 heavy (non-hydrogen) atoms. The average molecular weight is 242 g/mol. The SMILES string of the molecule is C[C@H](O)CP(=O)(C[C@H](C)O)c1ccccc1. The van der Waals surface area contributed by atoms with E-state index in [0.29, 0.717) is 0 Å². The minimum Gasteiger partial charge on any atom is -0.393 e. The highest BCUT2D eigenvalue weighted by molar-refractivity contribution is 7.71. The summed E-state index contributed by atoms with van der Waals surface area (Å²) in [6, 6.07) is 9.10. The quantitative estimate of drug-likeness (QED) is 0.768. The first-order valence-corrected chi connectivity index (χ1v) is 7.51. The maximum Gasteiger partial charge on any atom is 0.120 e. The lowest BCUT2D eigenvalue weighted by molar-refractivity contribution is 0.210. The molecule has 0 heterocycles. The Hall–Kier alpha value is -0.630. The van der Waals surface area contributed by atoms with Gasteiger partial charge in [-0.3, -0.25) is 0 Å². The lowest BCUT2D eigenvalue weighted by Crippen LogP contribution is -2.22. The minimum atomic E-state index is -2.68. The lowest BCUT2D eigenvalue weighted by atomic mass is 10.4. The van der Waals surface area contributed by atoms with Gasteiger partial charge in [0.25, 0.3) is 0 Å². The normalized spacial score (nSPS) is 15.8. The van der Waals surface area contributed by atoms with Crippen LogP contribution in [0.1, 0.15) is 13.8 Å². The highest BCUT2D eigenvalue weighted by atomic mass is 31.2. The zero-order chi connectivity index (χ0) is 12.2. The van der Waals surface area contributed by atoms with Crippen molar-refractivity contribution in [3.63, 3.8) is 0 Å². The summed E-state index contributed by atoms with van der Waals surface area (Å²) in [5.74, 6) is 0. The fraction of sp³-hybridized carbons (Fsp3) is 0.500. The Morgan fingerprint density at radius 2 is 1.50 bits per heavy atom. The summed E-state index contributed by atoms with van der Waals surface area (Å²) in [7, 11) is -2.68. The Bertz CT molecular complexity index is 346. The van der Waals surface area contributed by atoms with Crippen LogP contribution in [0.3, 0.4) is 0 Å². The molecule has 3 nitrogen and oxygen atoms in total. The van der Waals surface area contributed by atoms with Crippen LogP contribution in [0.15, 0.2) is 30.3 Å². The summed E-state index contributed by atoms with van der Waals surface area (Å²) in [6.07, 6.45) is -0.793. The van der Waals surface area contributed by atoms with Crippen molar-refractivity contribution in [2.45, 2.75) is 26.1 Å². The second-order valence-corrected chi connectivity index (χ2v) is 7.31. The molecule has 1 rings (SSSR count). The van der Waals surface area contributed by atoms with E-state index >= 15 is 0 Å². The van der Waals surface area contributed by atoms with Crippen LogP contribution in [0, 0.1) is 0 Å². The minimum absolute atomic E-state index is 0.224. The van der Waals surface area contributed by atoms with E-state index in [0.717, 1.165) is 5.30 Å². The standard InChI is InChI=1S/C12H19O3P/c1-10(13)8-16(15,9-11(2)14)12-6-4-3-5-7-12/h3-7,10-11,13-14H,8-9H2,1-2H3/t10-,11-/m0/s1. The Kier molecular flexibility index (Phi) is 4.72. The second kappa shape index (κ2) is 5.62. The predicted octanol–water partition coefficient (Wildman–Crippen LogP) is 1.44. The average Bonchev–Trinajstić information content (AvgIpc) is 2.16. The van der Waals surface area contributed by atoms with Crippen LogP contribution in [0.2, 0.25) is 0 Å². The second-order valence-electron chi connectivity index (χ2n) is 4.29. The van der Waals surface area contributed by atoms with Gasteiger partial charge in [0.05, 0.1) is 12.2 Å². The molecule has 0 saturated carbocycles. The van der Waals surface area contributed by atoms with Crippen LogP contribution in [0.25, 0.3) is 0 Å². The van der Waals surface area contributed by atoms with E-state index < -0.39 is 19.3 Å². The molecule has 0 spiro atoms. The monoisotopic (exact) mass is 242 g/mol.